The van der Waals surface area contributed by atoms with Crippen LogP contribution >= 0.6 is 0 Å². The van der Waals surface area contributed by atoms with E-state index in [1.54, 1.807) is 23.1 Å². The minimum atomic E-state index is -0.181. The van der Waals surface area contributed by atoms with E-state index in [2.05, 4.69) is 5.32 Å². The Labute approximate surface area is 118 Å². The summed E-state index contributed by atoms with van der Waals surface area (Å²) in [5.74, 6) is -0.0735. The predicted molar refractivity (Wildman–Crippen MR) is 76.7 cm³/mol. The van der Waals surface area contributed by atoms with Crippen molar-refractivity contribution >= 4 is 17.5 Å². The molecule has 1 aromatic rings. The van der Waals surface area contributed by atoms with Gasteiger partial charge in [0.1, 0.15) is 0 Å². The first kappa shape index (κ1) is 14.5. The van der Waals surface area contributed by atoms with E-state index in [9.17, 15) is 9.59 Å². The zero-order valence-corrected chi connectivity index (χ0v) is 11.6. The number of benzene rings is 1. The number of nitrogens with one attached hydrogen (secondary N) is 1. The highest BCUT2D eigenvalue weighted by Gasteiger charge is 2.22. The van der Waals surface area contributed by atoms with Crippen molar-refractivity contribution in [2.75, 3.05) is 18.1 Å². The molecule has 0 aliphatic carbocycles. The molecule has 1 aromatic carbocycles. The van der Waals surface area contributed by atoms with Gasteiger partial charge in [0, 0.05) is 36.9 Å². The number of carbonyl (C=O) groups excluding carboxylic acids is 2. The normalized spacial score (nSPS) is 16.3. The van der Waals surface area contributed by atoms with Gasteiger partial charge in [-0.3, -0.25) is 9.59 Å². The lowest BCUT2D eigenvalue weighted by Gasteiger charge is -2.17. The minimum absolute atomic E-state index is 0.0454. The molecule has 1 aliphatic rings. The Balaban J connectivity index is 2.09. The van der Waals surface area contributed by atoms with Gasteiger partial charge in [-0.05, 0) is 38.0 Å². The molecule has 1 heterocycles. The molecular weight excluding hydrogens is 256 g/mol. The van der Waals surface area contributed by atoms with Crippen molar-refractivity contribution in [3.8, 4) is 0 Å². The Morgan fingerprint density at radius 2 is 2.30 bits per heavy atom. The van der Waals surface area contributed by atoms with Crippen LogP contribution in [-0.4, -0.2) is 36.1 Å². The molecule has 0 bridgehead atoms. The van der Waals surface area contributed by atoms with Gasteiger partial charge in [0.05, 0.1) is 0 Å². The molecule has 0 radical (unpaired) electrons. The van der Waals surface area contributed by atoms with E-state index in [0.717, 1.165) is 12.1 Å². The molecule has 108 valence electrons. The molecule has 1 fully saturated rings. The van der Waals surface area contributed by atoms with E-state index in [1.165, 1.54) is 0 Å². The second-order valence-corrected chi connectivity index (χ2v) is 5.09. The summed E-state index contributed by atoms with van der Waals surface area (Å²) in [6, 6.07) is 7.02. The molecule has 1 aliphatic heterocycles. The number of aliphatic hydroxyl groups excluding tert-OH is 1. The fraction of sp³-hybridized carbons (Fsp3) is 0.467. The van der Waals surface area contributed by atoms with Crippen LogP contribution < -0.4 is 10.2 Å². The molecule has 1 atom stereocenters. The molecular formula is C15H20N2O3. The zero-order valence-electron chi connectivity index (χ0n) is 11.6. The summed E-state index contributed by atoms with van der Waals surface area (Å²) >= 11 is 0. The van der Waals surface area contributed by atoms with Crippen LogP contribution in [0.25, 0.3) is 0 Å². The van der Waals surface area contributed by atoms with Gasteiger partial charge in [-0.25, -0.2) is 0 Å². The van der Waals surface area contributed by atoms with Gasteiger partial charge in [0.15, 0.2) is 0 Å². The summed E-state index contributed by atoms with van der Waals surface area (Å²) in [6.07, 6.45) is 1.96. The molecule has 0 saturated carbocycles. The topological polar surface area (TPSA) is 69.6 Å². The van der Waals surface area contributed by atoms with Crippen LogP contribution in [0.15, 0.2) is 24.3 Å². The Hall–Kier alpha value is -1.88. The fourth-order valence-corrected chi connectivity index (χ4v) is 2.31. The number of amides is 2. The van der Waals surface area contributed by atoms with Gasteiger partial charge in [0.25, 0.3) is 5.91 Å². The maximum atomic E-state index is 12.1. The minimum Gasteiger partial charge on any atom is -0.396 e. The molecule has 0 spiro atoms. The zero-order chi connectivity index (χ0) is 14.5. The number of hydrogen-bond acceptors (Lipinski definition) is 3. The standard InChI is InChI=1S/C15H20N2O3/c1-11(7-9-18)16-15(20)12-4-2-5-13(10-12)17-8-3-6-14(17)19/h2,4-5,10-11,18H,3,6-9H2,1H3,(H,16,20). The van der Waals surface area contributed by atoms with Crippen LogP contribution in [0, 0.1) is 0 Å². The van der Waals surface area contributed by atoms with Gasteiger partial charge in [0.2, 0.25) is 5.91 Å². The second-order valence-electron chi connectivity index (χ2n) is 5.09. The van der Waals surface area contributed by atoms with Gasteiger partial charge in [-0.2, -0.15) is 0 Å². The van der Waals surface area contributed by atoms with E-state index < -0.39 is 0 Å². The molecule has 0 aromatic heterocycles. The molecule has 2 amide bonds. The van der Waals surface area contributed by atoms with Crippen LogP contribution in [0.2, 0.25) is 0 Å². The third kappa shape index (κ3) is 3.36. The smallest absolute Gasteiger partial charge is 0.251 e. The van der Waals surface area contributed by atoms with Crippen molar-refractivity contribution in [3.05, 3.63) is 29.8 Å². The Morgan fingerprint density at radius 3 is 2.95 bits per heavy atom. The van der Waals surface area contributed by atoms with E-state index in [1.807, 2.05) is 13.0 Å². The summed E-state index contributed by atoms with van der Waals surface area (Å²) in [5.41, 5.74) is 1.31. The van der Waals surface area contributed by atoms with Gasteiger partial charge >= 0.3 is 0 Å². The molecule has 2 N–H and O–H groups in total. The Kier molecular flexibility index (Phi) is 4.74. The molecule has 5 nitrogen and oxygen atoms in total. The van der Waals surface area contributed by atoms with E-state index >= 15 is 0 Å². The average Bonchev–Trinajstić information content (AvgIpc) is 2.85. The molecule has 2 rings (SSSR count). The number of carbonyl (C=O) groups is 2. The van der Waals surface area contributed by atoms with Crippen molar-refractivity contribution in [1.82, 2.24) is 5.32 Å². The van der Waals surface area contributed by atoms with Crippen molar-refractivity contribution in [3.63, 3.8) is 0 Å². The molecule has 5 heteroatoms. The van der Waals surface area contributed by atoms with E-state index in [4.69, 9.17) is 5.11 Å². The summed E-state index contributed by atoms with van der Waals surface area (Å²) in [4.78, 5) is 25.5. The highest BCUT2D eigenvalue weighted by Crippen LogP contribution is 2.22. The highest BCUT2D eigenvalue weighted by molar-refractivity contribution is 5.99. The molecule has 1 unspecified atom stereocenters. The molecule has 1 saturated heterocycles. The van der Waals surface area contributed by atoms with Crippen LogP contribution in [0.4, 0.5) is 5.69 Å². The van der Waals surface area contributed by atoms with Gasteiger partial charge in [-0.15, -0.1) is 0 Å². The van der Waals surface area contributed by atoms with Crippen LogP contribution in [-0.2, 0) is 4.79 Å². The quantitative estimate of drug-likeness (QED) is 0.852. The maximum absolute atomic E-state index is 12.1. The van der Waals surface area contributed by atoms with Crippen molar-refractivity contribution < 1.29 is 14.7 Å². The first-order valence-electron chi connectivity index (χ1n) is 6.94. The number of hydrogen-bond donors (Lipinski definition) is 2. The lowest BCUT2D eigenvalue weighted by Crippen LogP contribution is -2.33. The number of rotatable bonds is 5. The predicted octanol–water partition coefficient (Wildman–Crippen LogP) is 1.31. The Morgan fingerprint density at radius 1 is 1.50 bits per heavy atom. The van der Waals surface area contributed by atoms with Gasteiger partial charge < -0.3 is 15.3 Å². The molecule has 20 heavy (non-hydrogen) atoms. The lowest BCUT2D eigenvalue weighted by molar-refractivity contribution is -0.117. The van der Waals surface area contributed by atoms with Crippen molar-refractivity contribution in [1.29, 1.82) is 0 Å². The number of nitrogens with zero attached hydrogens (tertiary/aromatic N) is 1. The highest BCUT2D eigenvalue weighted by atomic mass is 16.3. The SMILES string of the molecule is CC(CCO)NC(=O)c1cccc(N2CCCC2=O)c1. The van der Waals surface area contributed by atoms with Crippen molar-refractivity contribution in [2.24, 2.45) is 0 Å². The first-order chi connectivity index (χ1) is 9.61. The summed E-state index contributed by atoms with van der Waals surface area (Å²) in [5, 5.41) is 11.7. The first-order valence-corrected chi connectivity index (χ1v) is 6.94. The largest absolute Gasteiger partial charge is 0.396 e. The monoisotopic (exact) mass is 276 g/mol. The third-order valence-electron chi connectivity index (χ3n) is 3.43. The maximum Gasteiger partial charge on any atom is 0.251 e. The van der Waals surface area contributed by atoms with Crippen LogP contribution in [0.3, 0.4) is 0 Å². The average molecular weight is 276 g/mol. The second kappa shape index (κ2) is 6.52. The Bertz CT molecular complexity index is 502. The van der Waals surface area contributed by atoms with Gasteiger partial charge in [-0.1, -0.05) is 6.07 Å². The number of anilines is 1. The summed E-state index contributed by atoms with van der Waals surface area (Å²) in [6.45, 7) is 2.61. The summed E-state index contributed by atoms with van der Waals surface area (Å²) < 4.78 is 0. The van der Waals surface area contributed by atoms with Crippen LogP contribution in [0.5, 0.6) is 0 Å². The summed E-state index contributed by atoms with van der Waals surface area (Å²) in [7, 11) is 0. The van der Waals surface area contributed by atoms with E-state index in [-0.39, 0.29) is 24.5 Å². The van der Waals surface area contributed by atoms with Crippen LogP contribution in [0.1, 0.15) is 36.5 Å². The fourth-order valence-electron chi connectivity index (χ4n) is 2.31. The third-order valence-corrected chi connectivity index (χ3v) is 3.43. The van der Waals surface area contributed by atoms with E-state index in [0.29, 0.717) is 24.9 Å². The number of aliphatic hydroxyl groups is 1. The van der Waals surface area contributed by atoms with Crippen molar-refractivity contribution in [2.45, 2.75) is 32.2 Å². The lowest BCUT2D eigenvalue weighted by atomic mass is 10.1.